The van der Waals surface area contributed by atoms with Crippen LogP contribution in [0.25, 0.3) is 22.8 Å². The van der Waals surface area contributed by atoms with Crippen molar-refractivity contribution >= 4 is 17.4 Å². The third-order valence-corrected chi connectivity index (χ3v) is 7.98. The first-order valence-electron chi connectivity index (χ1n) is 14.1. The van der Waals surface area contributed by atoms with E-state index < -0.39 is 12.4 Å². The van der Waals surface area contributed by atoms with E-state index in [1.165, 1.54) is 58.7 Å². The molecule has 234 valence electrons. The van der Waals surface area contributed by atoms with Gasteiger partial charge in [-0.15, -0.1) is 29.6 Å². The molecule has 0 fully saturated rings. The monoisotopic (exact) mass is 638 g/mol. The number of halogens is 4. The van der Waals surface area contributed by atoms with Gasteiger partial charge in [-0.25, -0.2) is 18.9 Å². The molecular formula is C32H30F4N6O2S. The Bertz CT molecular complexity index is 1860. The molecule has 5 rings (SSSR count). The number of thiazole rings is 1. The van der Waals surface area contributed by atoms with E-state index in [-0.39, 0.29) is 23.5 Å². The lowest BCUT2D eigenvalue weighted by Crippen LogP contribution is -2.28. The largest absolute Gasteiger partial charge is 0.573 e. The van der Waals surface area contributed by atoms with Crippen molar-refractivity contribution in [3.05, 3.63) is 106 Å². The number of aryl methyl sites for hydroxylation is 1. The van der Waals surface area contributed by atoms with Gasteiger partial charge >= 0.3 is 12.4 Å². The number of hydrogen-bond acceptors (Lipinski definition) is 5. The first-order chi connectivity index (χ1) is 21.4. The first kappa shape index (κ1) is 31.6. The van der Waals surface area contributed by atoms with Gasteiger partial charge in [0.05, 0.1) is 17.4 Å². The molecule has 0 spiro atoms. The molecule has 0 radical (unpaired) electrons. The Balaban J connectivity index is 1.31. The van der Waals surface area contributed by atoms with Crippen LogP contribution in [0.15, 0.2) is 83.4 Å². The fraction of sp³-hybridized carbons (Fsp3) is 0.250. The third-order valence-electron chi connectivity index (χ3n) is 7.03. The maximum atomic E-state index is 14.0. The molecule has 0 bridgehead atoms. The Morgan fingerprint density at radius 1 is 1.07 bits per heavy atom. The molecule has 1 unspecified atom stereocenters. The van der Waals surface area contributed by atoms with Crippen molar-refractivity contribution in [2.45, 2.75) is 52.4 Å². The zero-order valence-electron chi connectivity index (χ0n) is 24.8. The van der Waals surface area contributed by atoms with Crippen molar-refractivity contribution in [3.8, 4) is 28.5 Å². The van der Waals surface area contributed by atoms with Crippen molar-refractivity contribution in [2.75, 3.05) is 0 Å². The smallest absolute Gasteiger partial charge is 0.406 e. The van der Waals surface area contributed by atoms with Crippen LogP contribution < -0.4 is 14.9 Å². The van der Waals surface area contributed by atoms with Gasteiger partial charge in [0.25, 0.3) is 0 Å². The Morgan fingerprint density at radius 2 is 1.78 bits per heavy atom. The van der Waals surface area contributed by atoms with Crippen LogP contribution in [0.3, 0.4) is 0 Å². The molecule has 3 aromatic carbocycles. The van der Waals surface area contributed by atoms with Gasteiger partial charge in [-0.2, -0.15) is 4.99 Å². The molecule has 5 aromatic rings. The standard InChI is InChI=1S/C32H30F4N6O2S/c1-5-27(38-30(43)39-31-42(20(4)17-45-31)28-15-10-23(33)16-26(28)19(2)3)21-6-8-22(9-7-21)29-37-18-41(40-29)24-11-13-25(14-12-24)44-32(34,35)36/h6-19,27H,5H2,1-4H3,(H,38,43)/b39-31-. The zero-order chi connectivity index (χ0) is 32.3. The summed E-state index contributed by atoms with van der Waals surface area (Å²) in [7, 11) is 0. The summed E-state index contributed by atoms with van der Waals surface area (Å²) >= 11 is 1.33. The van der Waals surface area contributed by atoms with Gasteiger partial charge < -0.3 is 10.1 Å². The first-order valence-corrected chi connectivity index (χ1v) is 15.0. The number of rotatable bonds is 8. The average Bonchev–Trinajstić information content (AvgIpc) is 3.63. The second-order valence-corrected chi connectivity index (χ2v) is 11.4. The van der Waals surface area contributed by atoms with Crippen LogP contribution in [-0.4, -0.2) is 31.7 Å². The van der Waals surface area contributed by atoms with Crippen molar-refractivity contribution < 1.29 is 27.1 Å². The molecule has 1 atom stereocenters. The lowest BCUT2D eigenvalue weighted by Gasteiger charge is -2.17. The van der Waals surface area contributed by atoms with Gasteiger partial charge in [0, 0.05) is 16.6 Å². The molecule has 8 nitrogen and oxygen atoms in total. The summed E-state index contributed by atoms with van der Waals surface area (Å²) < 4.78 is 58.6. The Morgan fingerprint density at radius 3 is 2.42 bits per heavy atom. The van der Waals surface area contributed by atoms with Gasteiger partial charge in [-0.3, -0.25) is 4.57 Å². The highest BCUT2D eigenvalue weighted by atomic mass is 32.1. The minimum absolute atomic E-state index is 0.0638. The minimum Gasteiger partial charge on any atom is -0.406 e. The van der Waals surface area contributed by atoms with Gasteiger partial charge in [0.1, 0.15) is 17.9 Å². The molecule has 0 aliphatic heterocycles. The van der Waals surface area contributed by atoms with Gasteiger partial charge in [-0.05, 0) is 72.9 Å². The second kappa shape index (κ2) is 13.1. The summed E-state index contributed by atoms with van der Waals surface area (Å²) in [6.45, 7) is 7.85. The fourth-order valence-electron chi connectivity index (χ4n) is 4.83. The molecule has 0 aliphatic rings. The lowest BCUT2D eigenvalue weighted by molar-refractivity contribution is -0.274. The van der Waals surface area contributed by atoms with Crippen LogP contribution in [0, 0.1) is 12.7 Å². The summed E-state index contributed by atoms with van der Waals surface area (Å²) in [6.07, 6.45) is -2.69. The zero-order valence-corrected chi connectivity index (χ0v) is 25.7. The average molecular weight is 639 g/mol. The number of carbonyl (C=O) groups excluding carboxylic acids is 1. The number of amides is 2. The van der Waals surface area contributed by atoms with Gasteiger partial charge in [0.2, 0.25) is 0 Å². The third kappa shape index (κ3) is 7.48. The normalized spacial score (nSPS) is 12.9. The van der Waals surface area contributed by atoms with Crippen LogP contribution in [0.4, 0.5) is 22.4 Å². The van der Waals surface area contributed by atoms with Crippen molar-refractivity contribution in [1.82, 2.24) is 24.6 Å². The van der Waals surface area contributed by atoms with Crippen molar-refractivity contribution in [2.24, 2.45) is 4.99 Å². The number of nitrogens with zero attached hydrogens (tertiary/aromatic N) is 5. The molecule has 0 aliphatic carbocycles. The highest BCUT2D eigenvalue weighted by Gasteiger charge is 2.31. The molecule has 0 saturated heterocycles. The van der Waals surface area contributed by atoms with Crippen LogP contribution in [0.1, 0.15) is 56.0 Å². The summed E-state index contributed by atoms with van der Waals surface area (Å²) in [5.74, 6) is -0.163. The van der Waals surface area contributed by atoms with Crippen LogP contribution in [0.2, 0.25) is 0 Å². The van der Waals surface area contributed by atoms with Gasteiger partial charge in [-0.1, -0.05) is 45.0 Å². The van der Waals surface area contributed by atoms with E-state index in [2.05, 4.69) is 25.1 Å². The quantitative estimate of drug-likeness (QED) is 0.175. The number of urea groups is 1. The summed E-state index contributed by atoms with van der Waals surface area (Å²) in [5, 5.41) is 9.32. The Kier molecular flexibility index (Phi) is 9.19. The maximum absolute atomic E-state index is 14.0. The van der Waals surface area contributed by atoms with E-state index in [0.29, 0.717) is 22.7 Å². The molecule has 13 heteroatoms. The molecular weight excluding hydrogens is 608 g/mol. The molecule has 45 heavy (non-hydrogen) atoms. The lowest BCUT2D eigenvalue weighted by atomic mass is 10.0. The summed E-state index contributed by atoms with van der Waals surface area (Å²) in [6, 6.07) is 16.5. The topological polar surface area (TPSA) is 86.3 Å². The fourth-order valence-corrected chi connectivity index (χ4v) is 5.69. The number of nitrogens with one attached hydrogen (secondary N) is 1. The highest BCUT2D eigenvalue weighted by Crippen LogP contribution is 2.26. The van der Waals surface area contributed by atoms with Crippen molar-refractivity contribution in [1.29, 1.82) is 0 Å². The number of ether oxygens (including phenoxy) is 1. The molecule has 2 aromatic heterocycles. The number of alkyl halides is 3. The Labute approximate surface area is 260 Å². The van der Waals surface area contributed by atoms with E-state index >= 15 is 0 Å². The van der Waals surface area contributed by atoms with E-state index in [1.54, 1.807) is 6.07 Å². The van der Waals surface area contributed by atoms with Crippen LogP contribution in [-0.2, 0) is 0 Å². The van der Waals surface area contributed by atoms with E-state index in [0.717, 1.165) is 28.1 Å². The van der Waals surface area contributed by atoms with E-state index in [4.69, 9.17) is 0 Å². The predicted octanol–water partition coefficient (Wildman–Crippen LogP) is 8.02. The molecule has 2 heterocycles. The number of aromatic nitrogens is 4. The highest BCUT2D eigenvalue weighted by molar-refractivity contribution is 7.07. The molecule has 2 amide bonds. The van der Waals surface area contributed by atoms with Crippen LogP contribution >= 0.6 is 11.3 Å². The van der Waals surface area contributed by atoms with E-state index in [1.807, 2.05) is 61.9 Å². The number of hydrogen-bond donors (Lipinski definition) is 1. The molecule has 1 N–H and O–H groups in total. The van der Waals surface area contributed by atoms with Crippen molar-refractivity contribution in [3.63, 3.8) is 0 Å². The Hall–Kier alpha value is -4.78. The number of carbonyl (C=O) groups is 1. The number of benzene rings is 3. The maximum Gasteiger partial charge on any atom is 0.573 e. The molecule has 0 saturated carbocycles. The minimum atomic E-state index is -4.77. The second-order valence-electron chi connectivity index (χ2n) is 10.6. The summed E-state index contributed by atoms with van der Waals surface area (Å²) in [4.78, 5) is 22.3. The summed E-state index contributed by atoms with van der Waals surface area (Å²) in [5.41, 5.74) is 4.57. The predicted molar refractivity (Wildman–Crippen MR) is 163 cm³/mol. The van der Waals surface area contributed by atoms with Gasteiger partial charge in [0.15, 0.2) is 10.6 Å². The van der Waals surface area contributed by atoms with Crippen LogP contribution in [0.5, 0.6) is 5.75 Å². The van der Waals surface area contributed by atoms with E-state index in [9.17, 15) is 22.4 Å². The SMILES string of the molecule is CCC(NC(=O)/N=c1\scc(C)n1-c1ccc(F)cc1C(C)C)c1ccc(-c2ncn(-c3ccc(OC(F)(F)F)cc3)n2)cc1.